The highest BCUT2D eigenvalue weighted by Crippen LogP contribution is 2.35. The van der Waals surface area contributed by atoms with Crippen molar-refractivity contribution in [1.29, 1.82) is 0 Å². The van der Waals surface area contributed by atoms with Gasteiger partial charge in [0.2, 0.25) is 0 Å². The molecule has 0 amide bonds. The van der Waals surface area contributed by atoms with Gasteiger partial charge in [-0.05, 0) is 24.3 Å². The number of hydrogen-bond donors (Lipinski definition) is 0. The van der Waals surface area contributed by atoms with Crippen LogP contribution in [-0.4, -0.2) is 40.7 Å². The molecule has 140 valence electrons. The SMILES string of the molecule is COc1ccc2nc(-n3cnc4c(sc5nccc(N(C)C)c54)c3=O)sc2c1. The van der Waals surface area contributed by atoms with Gasteiger partial charge in [-0.15, -0.1) is 11.3 Å². The first-order valence-corrected chi connectivity index (χ1v) is 10.1. The molecule has 0 aliphatic heterocycles. The van der Waals surface area contributed by atoms with E-state index >= 15 is 0 Å². The van der Waals surface area contributed by atoms with Gasteiger partial charge < -0.3 is 9.64 Å². The third-order valence-electron chi connectivity index (χ3n) is 4.53. The van der Waals surface area contributed by atoms with E-state index in [0.717, 1.165) is 31.9 Å². The number of fused-ring (bicyclic) bond motifs is 4. The summed E-state index contributed by atoms with van der Waals surface area (Å²) in [5.74, 6) is 0.760. The predicted octanol–water partition coefficient (Wildman–Crippen LogP) is 3.68. The fourth-order valence-corrected chi connectivity index (χ4v) is 5.18. The van der Waals surface area contributed by atoms with Gasteiger partial charge in [-0.25, -0.2) is 19.5 Å². The molecule has 0 saturated heterocycles. The van der Waals surface area contributed by atoms with Crippen LogP contribution in [0.25, 0.3) is 35.8 Å². The molecule has 1 aromatic carbocycles. The molecule has 0 bridgehead atoms. The van der Waals surface area contributed by atoms with Gasteiger partial charge in [0, 0.05) is 20.3 Å². The smallest absolute Gasteiger partial charge is 0.277 e. The molecule has 4 aromatic heterocycles. The molecular weight excluding hydrogens is 394 g/mol. The zero-order chi connectivity index (χ0) is 19.4. The Hall–Kier alpha value is -3.04. The molecule has 7 nitrogen and oxygen atoms in total. The summed E-state index contributed by atoms with van der Waals surface area (Å²) in [6.07, 6.45) is 3.31. The standard InChI is InChI=1S/C19H15N5O2S2/c1-23(2)12-6-7-20-17-14(12)15-16(28-17)18(25)24(9-21-15)19-22-11-5-4-10(26-3)8-13(11)27-19/h4-9H,1-3H3. The van der Waals surface area contributed by atoms with Crippen molar-refractivity contribution >= 4 is 59.0 Å². The van der Waals surface area contributed by atoms with Crippen molar-refractivity contribution in [3.8, 4) is 10.9 Å². The quantitative estimate of drug-likeness (QED) is 0.453. The highest BCUT2D eigenvalue weighted by molar-refractivity contribution is 7.25. The lowest BCUT2D eigenvalue weighted by atomic mass is 10.2. The van der Waals surface area contributed by atoms with Crippen LogP contribution in [0.4, 0.5) is 5.69 Å². The lowest BCUT2D eigenvalue weighted by molar-refractivity contribution is 0.415. The van der Waals surface area contributed by atoms with Crippen molar-refractivity contribution in [3.63, 3.8) is 0 Å². The van der Waals surface area contributed by atoms with Crippen LogP contribution in [0.1, 0.15) is 0 Å². The minimum Gasteiger partial charge on any atom is -0.497 e. The van der Waals surface area contributed by atoms with Crippen LogP contribution in [0.5, 0.6) is 5.75 Å². The third-order valence-corrected chi connectivity index (χ3v) is 6.62. The van der Waals surface area contributed by atoms with E-state index in [0.29, 0.717) is 15.3 Å². The number of thiazole rings is 1. The van der Waals surface area contributed by atoms with Crippen LogP contribution >= 0.6 is 22.7 Å². The minimum absolute atomic E-state index is 0.135. The maximum atomic E-state index is 13.2. The number of thiophene rings is 1. The zero-order valence-corrected chi connectivity index (χ0v) is 17.0. The topological polar surface area (TPSA) is 73.1 Å². The normalized spacial score (nSPS) is 11.5. The average Bonchev–Trinajstić information content (AvgIpc) is 3.29. The van der Waals surface area contributed by atoms with E-state index in [-0.39, 0.29) is 5.56 Å². The third kappa shape index (κ3) is 2.47. The van der Waals surface area contributed by atoms with Crippen LogP contribution in [0, 0.1) is 0 Å². The molecule has 4 heterocycles. The van der Waals surface area contributed by atoms with E-state index < -0.39 is 0 Å². The number of methoxy groups -OCH3 is 1. The maximum absolute atomic E-state index is 13.2. The molecule has 0 atom stereocenters. The van der Waals surface area contributed by atoms with E-state index in [1.165, 1.54) is 27.2 Å². The minimum atomic E-state index is -0.135. The highest BCUT2D eigenvalue weighted by atomic mass is 32.1. The molecule has 5 aromatic rings. The first-order valence-electron chi connectivity index (χ1n) is 8.48. The van der Waals surface area contributed by atoms with E-state index in [1.54, 1.807) is 19.6 Å². The average molecular weight is 409 g/mol. The fourth-order valence-electron chi connectivity index (χ4n) is 3.17. The summed E-state index contributed by atoms with van der Waals surface area (Å²) in [6.45, 7) is 0. The Morgan fingerprint density at radius 2 is 2.00 bits per heavy atom. The van der Waals surface area contributed by atoms with Crippen LogP contribution in [0.2, 0.25) is 0 Å². The van der Waals surface area contributed by atoms with Crippen molar-refractivity contribution in [1.82, 2.24) is 19.5 Å². The van der Waals surface area contributed by atoms with Crippen molar-refractivity contribution in [2.24, 2.45) is 0 Å². The molecule has 0 aliphatic rings. The second-order valence-electron chi connectivity index (χ2n) is 6.43. The van der Waals surface area contributed by atoms with Gasteiger partial charge in [-0.3, -0.25) is 4.79 Å². The molecule has 28 heavy (non-hydrogen) atoms. The summed E-state index contributed by atoms with van der Waals surface area (Å²) < 4.78 is 8.31. The zero-order valence-electron chi connectivity index (χ0n) is 15.3. The van der Waals surface area contributed by atoms with Crippen molar-refractivity contribution in [2.45, 2.75) is 0 Å². The van der Waals surface area contributed by atoms with Crippen LogP contribution < -0.4 is 15.2 Å². The molecule has 9 heteroatoms. The van der Waals surface area contributed by atoms with E-state index in [1.807, 2.05) is 43.3 Å². The van der Waals surface area contributed by atoms with Crippen LogP contribution in [0.15, 0.2) is 41.6 Å². The number of ether oxygens (including phenoxy) is 1. The van der Waals surface area contributed by atoms with Gasteiger partial charge in [0.05, 0.1) is 28.4 Å². The van der Waals surface area contributed by atoms with Gasteiger partial charge in [-0.1, -0.05) is 11.3 Å². The fraction of sp³-hybridized carbons (Fsp3) is 0.158. The van der Waals surface area contributed by atoms with Gasteiger partial charge >= 0.3 is 0 Å². The predicted molar refractivity (Wildman–Crippen MR) is 115 cm³/mol. The molecule has 0 spiro atoms. The summed E-state index contributed by atoms with van der Waals surface area (Å²) in [6, 6.07) is 7.59. The van der Waals surface area contributed by atoms with E-state index in [4.69, 9.17) is 4.74 Å². The first kappa shape index (κ1) is 17.1. The lowest BCUT2D eigenvalue weighted by Gasteiger charge is -2.13. The highest BCUT2D eigenvalue weighted by Gasteiger charge is 2.18. The summed E-state index contributed by atoms with van der Waals surface area (Å²) in [5, 5.41) is 1.49. The molecule has 0 aliphatic carbocycles. The second-order valence-corrected chi connectivity index (χ2v) is 8.44. The van der Waals surface area contributed by atoms with E-state index in [2.05, 4.69) is 15.0 Å². The van der Waals surface area contributed by atoms with Gasteiger partial charge in [0.15, 0.2) is 5.13 Å². The maximum Gasteiger partial charge on any atom is 0.277 e. The lowest BCUT2D eigenvalue weighted by Crippen LogP contribution is -2.17. The van der Waals surface area contributed by atoms with Crippen LogP contribution in [0.3, 0.4) is 0 Å². The van der Waals surface area contributed by atoms with Crippen LogP contribution in [-0.2, 0) is 0 Å². The Kier molecular flexibility index (Phi) is 3.81. The Morgan fingerprint density at radius 3 is 2.79 bits per heavy atom. The monoisotopic (exact) mass is 409 g/mol. The Bertz CT molecular complexity index is 1420. The summed E-state index contributed by atoms with van der Waals surface area (Å²) in [4.78, 5) is 29.7. The van der Waals surface area contributed by atoms with Crippen molar-refractivity contribution in [3.05, 3.63) is 47.1 Å². The number of nitrogens with zero attached hydrogens (tertiary/aromatic N) is 5. The molecular formula is C19H15N5O2S2. The second kappa shape index (κ2) is 6.25. The molecule has 0 saturated carbocycles. The number of aromatic nitrogens is 4. The number of pyridine rings is 1. The Balaban J connectivity index is 1.76. The van der Waals surface area contributed by atoms with Crippen molar-refractivity contribution in [2.75, 3.05) is 26.1 Å². The Morgan fingerprint density at radius 1 is 1.14 bits per heavy atom. The largest absolute Gasteiger partial charge is 0.497 e. The molecule has 0 radical (unpaired) electrons. The first-order chi connectivity index (χ1) is 13.6. The molecule has 0 fully saturated rings. The summed E-state index contributed by atoms with van der Waals surface area (Å²) in [5.41, 5.74) is 2.36. The number of rotatable bonds is 3. The summed E-state index contributed by atoms with van der Waals surface area (Å²) >= 11 is 2.80. The van der Waals surface area contributed by atoms with E-state index in [9.17, 15) is 4.79 Å². The Labute approximate surface area is 167 Å². The van der Waals surface area contributed by atoms with Gasteiger partial charge in [0.25, 0.3) is 5.56 Å². The molecule has 0 N–H and O–H groups in total. The molecule has 0 unspecified atom stereocenters. The van der Waals surface area contributed by atoms with Gasteiger partial charge in [0.1, 0.15) is 27.1 Å². The van der Waals surface area contributed by atoms with Crippen molar-refractivity contribution < 1.29 is 4.74 Å². The summed E-state index contributed by atoms with van der Waals surface area (Å²) in [7, 11) is 5.56. The number of benzene rings is 1. The number of anilines is 1. The molecule has 5 rings (SSSR count). The number of hydrogen-bond acceptors (Lipinski definition) is 8. The van der Waals surface area contributed by atoms with Gasteiger partial charge in [-0.2, -0.15) is 0 Å².